The molecule has 0 aromatic heterocycles. The molecule has 0 saturated carbocycles. The van der Waals surface area contributed by atoms with E-state index in [2.05, 4.69) is 54.3 Å². The second kappa shape index (κ2) is 8.71. The van der Waals surface area contributed by atoms with E-state index in [1.807, 2.05) is 31.2 Å². The van der Waals surface area contributed by atoms with Crippen LogP contribution in [0.4, 0.5) is 5.69 Å². The molecular weight excluding hydrogens is 226 g/mol. The van der Waals surface area contributed by atoms with Gasteiger partial charge < -0.3 is 5.32 Å². The Kier molecular flexibility index (Phi) is 6.99. The fraction of sp³-hybridized carbons (Fsp3) is 0.200. The van der Waals surface area contributed by atoms with Gasteiger partial charge >= 0.3 is 0 Å². The molecule has 0 spiro atoms. The van der Waals surface area contributed by atoms with Crippen LogP contribution in [0.1, 0.15) is 12.5 Å². The molecule has 1 N–H and O–H groups in total. The lowest BCUT2D eigenvalue weighted by atomic mass is 10.2. The van der Waals surface area contributed by atoms with Crippen molar-refractivity contribution in [3.8, 4) is 0 Å². The van der Waals surface area contributed by atoms with Crippen LogP contribution in [-0.4, -0.2) is 5.75 Å². The van der Waals surface area contributed by atoms with Crippen LogP contribution in [-0.2, 0) is 6.54 Å². The molecule has 0 aliphatic heterocycles. The van der Waals surface area contributed by atoms with Crippen LogP contribution in [0.3, 0.4) is 0 Å². The molecule has 2 rings (SSSR count). The largest absolute Gasteiger partial charge is 0.381 e. The standard InChI is InChI=1S/C13H13N.C2H6S/c1-3-7-12(8-4-1)11-14-13-9-5-2-6-10-13;1-2-3/h1-10,14H,11H2;3H,2H2,1H3. The summed E-state index contributed by atoms with van der Waals surface area (Å²) in [4.78, 5) is 0. The molecule has 2 heteroatoms. The topological polar surface area (TPSA) is 12.0 Å². The molecule has 0 bridgehead atoms. The maximum absolute atomic E-state index is 3.79. The number of nitrogens with one attached hydrogen (secondary N) is 1. The minimum Gasteiger partial charge on any atom is -0.381 e. The summed E-state index contributed by atoms with van der Waals surface area (Å²) in [6, 6.07) is 20.6. The van der Waals surface area contributed by atoms with E-state index in [-0.39, 0.29) is 0 Å². The van der Waals surface area contributed by atoms with Gasteiger partial charge in [0.2, 0.25) is 0 Å². The zero-order valence-electron chi connectivity index (χ0n) is 10.1. The molecule has 17 heavy (non-hydrogen) atoms. The third-order valence-corrected chi connectivity index (χ3v) is 2.11. The highest BCUT2D eigenvalue weighted by Crippen LogP contribution is 2.07. The summed E-state index contributed by atoms with van der Waals surface area (Å²) < 4.78 is 0. The maximum atomic E-state index is 3.79. The first-order valence-electron chi connectivity index (χ1n) is 5.80. The van der Waals surface area contributed by atoms with E-state index in [1.165, 1.54) is 5.56 Å². The first-order chi connectivity index (χ1) is 8.36. The van der Waals surface area contributed by atoms with E-state index >= 15 is 0 Å². The summed E-state index contributed by atoms with van der Waals surface area (Å²) in [5.74, 6) is 0.944. The van der Waals surface area contributed by atoms with Crippen molar-refractivity contribution >= 4 is 18.3 Å². The number of thiol groups is 1. The first-order valence-corrected chi connectivity index (χ1v) is 6.43. The molecule has 0 amide bonds. The monoisotopic (exact) mass is 245 g/mol. The summed E-state index contributed by atoms with van der Waals surface area (Å²) in [6.45, 7) is 2.87. The quantitative estimate of drug-likeness (QED) is 0.771. The molecule has 0 heterocycles. The Morgan fingerprint density at radius 3 is 1.88 bits per heavy atom. The Morgan fingerprint density at radius 1 is 0.882 bits per heavy atom. The van der Waals surface area contributed by atoms with E-state index in [1.54, 1.807) is 0 Å². The Balaban J connectivity index is 0.000000437. The van der Waals surface area contributed by atoms with Crippen molar-refractivity contribution in [3.05, 3.63) is 66.2 Å². The van der Waals surface area contributed by atoms with Gasteiger partial charge in [-0.15, -0.1) is 0 Å². The van der Waals surface area contributed by atoms with Gasteiger partial charge in [-0.2, -0.15) is 12.6 Å². The van der Waals surface area contributed by atoms with Gasteiger partial charge in [-0.25, -0.2) is 0 Å². The molecule has 0 unspecified atom stereocenters. The van der Waals surface area contributed by atoms with Crippen LogP contribution in [0, 0.1) is 0 Å². The highest BCUT2D eigenvalue weighted by molar-refractivity contribution is 7.80. The molecule has 0 radical (unpaired) electrons. The van der Waals surface area contributed by atoms with E-state index in [9.17, 15) is 0 Å². The normalized spacial score (nSPS) is 9.06. The average Bonchev–Trinajstić information content (AvgIpc) is 2.40. The minimum atomic E-state index is 0.880. The molecule has 90 valence electrons. The molecule has 0 aliphatic rings. The first kappa shape index (κ1) is 13.7. The zero-order chi connectivity index (χ0) is 12.3. The minimum absolute atomic E-state index is 0.880. The molecule has 0 saturated heterocycles. The highest BCUT2D eigenvalue weighted by atomic mass is 32.1. The molecule has 0 aliphatic carbocycles. The van der Waals surface area contributed by atoms with Crippen molar-refractivity contribution < 1.29 is 0 Å². The van der Waals surface area contributed by atoms with Crippen LogP contribution in [0.15, 0.2) is 60.7 Å². The average molecular weight is 245 g/mol. The Labute approximate surface area is 109 Å². The number of rotatable bonds is 3. The lowest BCUT2D eigenvalue weighted by Gasteiger charge is -2.05. The zero-order valence-corrected chi connectivity index (χ0v) is 11.0. The fourth-order valence-corrected chi connectivity index (χ4v) is 1.36. The van der Waals surface area contributed by atoms with Gasteiger partial charge in [-0.3, -0.25) is 0 Å². The summed E-state index contributed by atoms with van der Waals surface area (Å²) in [5, 5.41) is 3.36. The third kappa shape index (κ3) is 6.03. The van der Waals surface area contributed by atoms with E-state index in [4.69, 9.17) is 0 Å². The third-order valence-electron chi connectivity index (χ3n) is 2.11. The smallest absolute Gasteiger partial charge is 0.0400 e. The lowest BCUT2D eigenvalue weighted by molar-refractivity contribution is 1.15. The Morgan fingerprint density at radius 2 is 1.35 bits per heavy atom. The van der Waals surface area contributed by atoms with Crippen molar-refractivity contribution in [2.24, 2.45) is 0 Å². The predicted octanol–water partition coefficient (Wildman–Crippen LogP) is 4.23. The van der Waals surface area contributed by atoms with Gasteiger partial charge in [-0.05, 0) is 23.4 Å². The maximum Gasteiger partial charge on any atom is 0.0400 e. The number of para-hydroxylation sites is 1. The highest BCUT2D eigenvalue weighted by Gasteiger charge is 1.90. The van der Waals surface area contributed by atoms with Crippen LogP contribution >= 0.6 is 12.6 Å². The van der Waals surface area contributed by atoms with Gasteiger partial charge in [0.05, 0.1) is 0 Å². The van der Waals surface area contributed by atoms with Gasteiger partial charge in [0.25, 0.3) is 0 Å². The van der Waals surface area contributed by atoms with E-state index in [0.29, 0.717) is 0 Å². The van der Waals surface area contributed by atoms with Crippen molar-refractivity contribution in [1.82, 2.24) is 0 Å². The molecule has 0 atom stereocenters. The van der Waals surface area contributed by atoms with Crippen molar-refractivity contribution in [3.63, 3.8) is 0 Å². The molecule has 2 aromatic rings. The van der Waals surface area contributed by atoms with Crippen molar-refractivity contribution in [2.45, 2.75) is 13.5 Å². The van der Waals surface area contributed by atoms with Crippen LogP contribution in [0.5, 0.6) is 0 Å². The Hall–Kier alpha value is -1.41. The summed E-state index contributed by atoms with van der Waals surface area (Å²) in [5.41, 5.74) is 2.47. The second-order valence-electron chi connectivity index (χ2n) is 3.52. The number of benzene rings is 2. The Bertz CT molecular complexity index is 347. The SMILES string of the molecule is CCS.c1ccc(CNc2ccccc2)cc1. The van der Waals surface area contributed by atoms with E-state index < -0.39 is 0 Å². The predicted molar refractivity (Wildman–Crippen MR) is 79.7 cm³/mol. The van der Waals surface area contributed by atoms with E-state index in [0.717, 1.165) is 18.0 Å². The molecule has 0 fully saturated rings. The summed E-state index contributed by atoms with van der Waals surface area (Å²) in [6.07, 6.45) is 0. The van der Waals surface area contributed by atoms with Gasteiger partial charge in [0.1, 0.15) is 0 Å². The molecule has 1 nitrogen and oxygen atoms in total. The molecular formula is C15H19NS. The fourth-order valence-electron chi connectivity index (χ4n) is 1.36. The van der Waals surface area contributed by atoms with Gasteiger partial charge in [0.15, 0.2) is 0 Å². The van der Waals surface area contributed by atoms with Crippen LogP contribution in [0.25, 0.3) is 0 Å². The number of hydrogen-bond acceptors (Lipinski definition) is 2. The van der Waals surface area contributed by atoms with Crippen LogP contribution < -0.4 is 5.32 Å². The number of anilines is 1. The molecule has 2 aromatic carbocycles. The number of hydrogen-bond donors (Lipinski definition) is 2. The van der Waals surface area contributed by atoms with Gasteiger partial charge in [0, 0.05) is 12.2 Å². The van der Waals surface area contributed by atoms with Crippen LogP contribution in [0.2, 0.25) is 0 Å². The van der Waals surface area contributed by atoms with Crippen molar-refractivity contribution in [2.75, 3.05) is 11.1 Å². The summed E-state index contributed by atoms with van der Waals surface area (Å²) >= 11 is 3.79. The lowest BCUT2D eigenvalue weighted by Crippen LogP contribution is -1.98. The van der Waals surface area contributed by atoms with Gasteiger partial charge in [-0.1, -0.05) is 55.5 Å². The van der Waals surface area contributed by atoms with Crippen molar-refractivity contribution in [1.29, 1.82) is 0 Å². The summed E-state index contributed by atoms with van der Waals surface area (Å²) in [7, 11) is 0. The second-order valence-corrected chi connectivity index (χ2v) is 4.15.